The van der Waals surface area contributed by atoms with Crippen molar-refractivity contribution in [3.8, 4) is 0 Å². The molecule has 0 aliphatic carbocycles. The fraction of sp³-hybridized carbons (Fsp3) is 0.714. The average molecular weight is 249 g/mol. The topological polar surface area (TPSA) is 38.2 Å². The van der Waals surface area contributed by atoms with Crippen LogP contribution < -0.4 is 4.90 Å². The van der Waals surface area contributed by atoms with E-state index in [1.54, 1.807) is 0 Å². The fourth-order valence-electron chi connectivity index (χ4n) is 2.39. The predicted molar refractivity (Wildman–Crippen MR) is 72.9 cm³/mol. The Morgan fingerprint density at radius 2 is 2.06 bits per heavy atom. The minimum Gasteiger partial charge on any atom is -0.381 e. The van der Waals surface area contributed by atoms with Gasteiger partial charge in [-0.3, -0.25) is 0 Å². The summed E-state index contributed by atoms with van der Waals surface area (Å²) in [6.07, 6.45) is 2.27. The molecule has 0 unspecified atom stereocenters. The van der Waals surface area contributed by atoms with E-state index in [1.165, 1.54) is 6.42 Å². The SMILES string of the molecule is CCCOC[C@H]1CCN(c2nc(C)cc(C)n2)C1. The summed E-state index contributed by atoms with van der Waals surface area (Å²) in [7, 11) is 0. The minimum absolute atomic E-state index is 0.626. The van der Waals surface area contributed by atoms with Crippen LogP contribution in [-0.4, -0.2) is 36.3 Å². The average Bonchev–Trinajstić information content (AvgIpc) is 2.77. The van der Waals surface area contributed by atoms with Gasteiger partial charge in [-0.25, -0.2) is 9.97 Å². The van der Waals surface area contributed by atoms with Gasteiger partial charge in [0, 0.05) is 37.0 Å². The van der Waals surface area contributed by atoms with E-state index < -0.39 is 0 Å². The lowest BCUT2D eigenvalue weighted by Gasteiger charge is -2.17. The van der Waals surface area contributed by atoms with Gasteiger partial charge in [0.25, 0.3) is 0 Å². The number of hydrogen-bond donors (Lipinski definition) is 0. The second kappa shape index (κ2) is 6.14. The molecule has 0 amide bonds. The summed E-state index contributed by atoms with van der Waals surface area (Å²) in [5, 5.41) is 0. The Morgan fingerprint density at radius 3 is 2.72 bits per heavy atom. The maximum atomic E-state index is 5.63. The zero-order chi connectivity index (χ0) is 13.0. The zero-order valence-electron chi connectivity index (χ0n) is 11.6. The highest BCUT2D eigenvalue weighted by Crippen LogP contribution is 2.21. The van der Waals surface area contributed by atoms with Crippen LogP contribution in [-0.2, 0) is 4.74 Å². The van der Waals surface area contributed by atoms with E-state index in [2.05, 4.69) is 21.8 Å². The van der Waals surface area contributed by atoms with Gasteiger partial charge >= 0.3 is 0 Å². The molecule has 1 aromatic rings. The van der Waals surface area contributed by atoms with Crippen LogP contribution >= 0.6 is 0 Å². The van der Waals surface area contributed by atoms with Crippen LogP contribution in [0.1, 0.15) is 31.2 Å². The number of aryl methyl sites for hydroxylation is 2. The molecule has 2 heterocycles. The highest BCUT2D eigenvalue weighted by molar-refractivity contribution is 5.33. The van der Waals surface area contributed by atoms with Crippen LogP contribution in [0.15, 0.2) is 6.07 Å². The summed E-state index contributed by atoms with van der Waals surface area (Å²) in [5.41, 5.74) is 2.09. The lowest BCUT2D eigenvalue weighted by Crippen LogP contribution is -2.23. The Balaban J connectivity index is 1.91. The standard InChI is InChI=1S/C14H23N3O/c1-4-7-18-10-13-5-6-17(9-13)14-15-11(2)8-12(3)16-14/h8,13H,4-7,9-10H2,1-3H3/t13-/m0/s1. The maximum absolute atomic E-state index is 5.63. The molecular formula is C14H23N3O. The summed E-state index contributed by atoms with van der Waals surface area (Å²) >= 11 is 0. The van der Waals surface area contributed by atoms with Crippen molar-refractivity contribution in [1.82, 2.24) is 9.97 Å². The van der Waals surface area contributed by atoms with Gasteiger partial charge in [0.1, 0.15) is 0 Å². The van der Waals surface area contributed by atoms with Gasteiger partial charge in [-0.15, -0.1) is 0 Å². The number of ether oxygens (including phenoxy) is 1. The number of hydrogen-bond acceptors (Lipinski definition) is 4. The third-order valence-corrected chi connectivity index (χ3v) is 3.24. The van der Waals surface area contributed by atoms with Gasteiger partial charge < -0.3 is 9.64 Å². The Kier molecular flexibility index (Phi) is 4.53. The van der Waals surface area contributed by atoms with Gasteiger partial charge in [0.2, 0.25) is 5.95 Å². The Hall–Kier alpha value is -1.16. The molecule has 0 spiro atoms. The zero-order valence-corrected chi connectivity index (χ0v) is 11.6. The monoisotopic (exact) mass is 249 g/mol. The van der Waals surface area contributed by atoms with Crippen molar-refractivity contribution in [2.24, 2.45) is 5.92 Å². The second-order valence-electron chi connectivity index (χ2n) is 5.13. The van der Waals surface area contributed by atoms with Gasteiger partial charge in [-0.2, -0.15) is 0 Å². The van der Waals surface area contributed by atoms with Gasteiger partial charge in [-0.05, 0) is 32.8 Å². The van der Waals surface area contributed by atoms with E-state index >= 15 is 0 Å². The van der Waals surface area contributed by atoms with Crippen LogP contribution in [0.3, 0.4) is 0 Å². The molecule has 0 bridgehead atoms. The third-order valence-electron chi connectivity index (χ3n) is 3.24. The van der Waals surface area contributed by atoms with Crippen molar-refractivity contribution < 1.29 is 4.74 Å². The molecular weight excluding hydrogens is 226 g/mol. The smallest absolute Gasteiger partial charge is 0.225 e. The fourth-order valence-corrected chi connectivity index (χ4v) is 2.39. The maximum Gasteiger partial charge on any atom is 0.225 e. The minimum atomic E-state index is 0.626. The summed E-state index contributed by atoms with van der Waals surface area (Å²) in [6.45, 7) is 10.00. The Morgan fingerprint density at radius 1 is 1.33 bits per heavy atom. The van der Waals surface area contributed by atoms with Crippen LogP contribution in [0, 0.1) is 19.8 Å². The van der Waals surface area contributed by atoms with E-state index in [0.717, 1.165) is 50.1 Å². The van der Waals surface area contributed by atoms with Crippen LogP contribution in [0.2, 0.25) is 0 Å². The summed E-state index contributed by atoms with van der Waals surface area (Å²) in [5.74, 6) is 1.51. The first-order valence-corrected chi connectivity index (χ1v) is 6.84. The van der Waals surface area contributed by atoms with Crippen LogP contribution in [0.4, 0.5) is 5.95 Å². The molecule has 1 fully saturated rings. The van der Waals surface area contributed by atoms with E-state index in [-0.39, 0.29) is 0 Å². The van der Waals surface area contributed by atoms with E-state index in [9.17, 15) is 0 Å². The number of anilines is 1. The van der Waals surface area contributed by atoms with Crippen molar-refractivity contribution in [3.63, 3.8) is 0 Å². The molecule has 1 atom stereocenters. The van der Waals surface area contributed by atoms with Gasteiger partial charge in [0.15, 0.2) is 0 Å². The molecule has 1 aliphatic heterocycles. The number of nitrogens with zero attached hydrogens (tertiary/aromatic N) is 3. The number of aromatic nitrogens is 2. The predicted octanol–water partition coefficient (Wildman–Crippen LogP) is 2.35. The molecule has 1 saturated heterocycles. The van der Waals surface area contributed by atoms with Crippen molar-refractivity contribution in [2.75, 3.05) is 31.2 Å². The third kappa shape index (κ3) is 3.42. The van der Waals surface area contributed by atoms with Crippen LogP contribution in [0.5, 0.6) is 0 Å². The van der Waals surface area contributed by atoms with Crippen molar-refractivity contribution >= 4 is 5.95 Å². The molecule has 1 aromatic heterocycles. The number of rotatable bonds is 5. The lowest BCUT2D eigenvalue weighted by molar-refractivity contribution is 0.106. The normalized spacial score (nSPS) is 19.5. The first-order chi connectivity index (χ1) is 8.69. The first kappa shape index (κ1) is 13.3. The molecule has 0 N–H and O–H groups in total. The molecule has 0 aromatic carbocycles. The van der Waals surface area contributed by atoms with E-state index in [4.69, 9.17) is 4.74 Å². The van der Waals surface area contributed by atoms with Gasteiger partial charge in [-0.1, -0.05) is 6.92 Å². The highest BCUT2D eigenvalue weighted by atomic mass is 16.5. The van der Waals surface area contributed by atoms with Crippen LogP contribution in [0.25, 0.3) is 0 Å². The quantitative estimate of drug-likeness (QED) is 0.751. The molecule has 2 rings (SSSR count). The molecule has 1 aliphatic rings. The highest BCUT2D eigenvalue weighted by Gasteiger charge is 2.24. The molecule has 100 valence electrons. The summed E-state index contributed by atoms with van der Waals surface area (Å²) < 4.78 is 5.63. The van der Waals surface area contributed by atoms with Crippen molar-refractivity contribution in [3.05, 3.63) is 17.5 Å². The lowest BCUT2D eigenvalue weighted by atomic mass is 10.1. The molecule has 4 heteroatoms. The Labute approximate surface area is 109 Å². The molecule has 4 nitrogen and oxygen atoms in total. The molecule has 0 saturated carbocycles. The molecule has 0 radical (unpaired) electrons. The Bertz CT molecular complexity index is 374. The van der Waals surface area contributed by atoms with E-state index in [1.807, 2.05) is 19.9 Å². The van der Waals surface area contributed by atoms with Crippen molar-refractivity contribution in [1.29, 1.82) is 0 Å². The van der Waals surface area contributed by atoms with E-state index in [0.29, 0.717) is 5.92 Å². The first-order valence-electron chi connectivity index (χ1n) is 6.84. The summed E-state index contributed by atoms with van der Waals surface area (Å²) in [6, 6.07) is 2.02. The molecule has 18 heavy (non-hydrogen) atoms. The largest absolute Gasteiger partial charge is 0.381 e. The second-order valence-corrected chi connectivity index (χ2v) is 5.13. The van der Waals surface area contributed by atoms with Gasteiger partial charge in [0.05, 0.1) is 6.61 Å². The van der Waals surface area contributed by atoms with Crippen molar-refractivity contribution in [2.45, 2.75) is 33.6 Å². The summed E-state index contributed by atoms with van der Waals surface area (Å²) in [4.78, 5) is 11.3.